The molecule has 4 nitrogen and oxygen atoms in total. The first kappa shape index (κ1) is 14.0. The molecule has 0 atom stereocenters. The fraction of sp³-hybridized carbons (Fsp3) is 0.846. The number of likely N-dealkylation sites (tertiary alicyclic amines) is 1. The minimum absolute atomic E-state index is 0.344. The molecule has 1 rings (SSSR count). The topological polar surface area (TPSA) is 49.4 Å². The van der Waals surface area contributed by atoms with E-state index in [-0.39, 0.29) is 5.91 Å². The minimum Gasteiger partial charge on any atom is -0.348 e. The van der Waals surface area contributed by atoms with Gasteiger partial charge < -0.3 is 10.2 Å². The summed E-state index contributed by atoms with van der Waals surface area (Å²) in [7, 11) is 0. The third kappa shape index (κ3) is 5.20. The maximum absolute atomic E-state index is 11.8. The molecule has 17 heavy (non-hydrogen) atoms. The zero-order valence-electron chi connectivity index (χ0n) is 10.8. The summed E-state index contributed by atoms with van der Waals surface area (Å²) in [6.07, 6.45) is 7.55. The molecule has 0 saturated carbocycles. The molecule has 0 unspecified atom stereocenters. The first-order valence-electron chi connectivity index (χ1n) is 6.82. The van der Waals surface area contributed by atoms with Crippen LogP contribution in [0.4, 0.5) is 0 Å². The van der Waals surface area contributed by atoms with Gasteiger partial charge in [-0.3, -0.25) is 9.59 Å². The van der Waals surface area contributed by atoms with E-state index in [2.05, 4.69) is 12.2 Å². The molecule has 0 aromatic rings. The lowest BCUT2D eigenvalue weighted by molar-refractivity contribution is -0.145. The van der Waals surface area contributed by atoms with Crippen molar-refractivity contribution in [2.75, 3.05) is 19.6 Å². The summed E-state index contributed by atoms with van der Waals surface area (Å²) in [6, 6.07) is 0. The van der Waals surface area contributed by atoms with Gasteiger partial charge in [-0.25, -0.2) is 0 Å². The molecule has 0 spiro atoms. The van der Waals surface area contributed by atoms with Gasteiger partial charge in [0.2, 0.25) is 0 Å². The van der Waals surface area contributed by atoms with Gasteiger partial charge in [0.15, 0.2) is 0 Å². The second kappa shape index (κ2) is 8.09. The van der Waals surface area contributed by atoms with Gasteiger partial charge in [-0.05, 0) is 19.3 Å². The summed E-state index contributed by atoms with van der Waals surface area (Å²) in [5.74, 6) is -0.772. The lowest BCUT2D eigenvalue weighted by Crippen LogP contribution is -2.43. The van der Waals surface area contributed by atoms with Crippen LogP contribution in [-0.4, -0.2) is 36.3 Å². The lowest BCUT2D eigenvalue weighted by Gasteiger charge is -2.19. The molecule has 1 saturated heterocycles. The van der Waals surface area contributed by atoms with Crippen LogP contribution in [0.25, 0.3) is 0 Å². The van der Waals surface area contributed by atoms with E-state index in [1.807, 2.05) is 0 Å². The molecule has 1 N–H and O–H groups in total. The van der Waals surface area contributed by atoms with Gasteiger partial charge >= 0.3 is 11.8 Å². The molecule has 0 aliphatic carbocycles. The van der Waals surface area contributed by atoms with Crippen molar-refractivity contribution in [1.82, 2.24) is 10.2 Å². The van der Waals surface area contributed by atoms with Crippen molar-refractivity contribution >= 4 is 11.8 Å². The molecule has 1 aliphatic heterocycles. The average Bonchev–Trinajstić information content (AvgIpc) is 2.62. The van der Waals surface area contributed by atoms with Gasteiger partial charge in [-0.1, -0.05) is 32.6 Å². The maximum Gasteiger partial charge on any atom is 0.311 e. The summed E-state index contributed by atoms with van der Waals surface area (Å²) in [6.45, 7) is 4.21. The van der Waals surface area contributed by atoms with E-state index in [9.17, 15) is 9.59 Å². The van der Waals surface area contributed by atoms with Crippen molar-refractivity contribution in [3.8, 4) is 0 Å². The number of amides is 2. The van der Waals surface area contributed by atoms with Crippen LogP contribution in [0.1, 0.15) is 51.9 Å². The number of hydrogen-bond donors (Lipinski definition) is 1. The summed E-state index contributed by atoms with van der Waals surface area (Å²) in [5, 5.41) is 2.70. The largest absolute Gasteiger partial charge is 0.348 e. The number of hydrogen-bond acceptors (Lipinski definition) is 2. The Bertz CT molecular complexity index is 246. The van der Waals surface area contributed by atoms with Crippen molar-refractivity contribution in [2.45, 2.75) is 51.9 Å². The average molecular weight is 240 g/mol. The van der Waals surface area contributed by atoms with Crippen LogP contribution in [0, 0.1) is 0 Å². The SMILES string of the molecule is CCCCCNC(=O)C(=O)N1CCCCCC1. The number of unbranched alkanes of at least 4 members (excludes halogenated alkanes) is 2. The second-order valence-corrected chi connectivity index (χ2v) is 4.67. The smallest absolute Gasteiger partial charge is 0.311 e. The van der Waals surface area contributed by atoms with Crippen molar-refractivity contribution in [1.29, 1.82) is 0 Å². The Balaban J connectivity index is 2.27. The molecular formula is C13H24N2O2. The number of carbonyl (C=O) groups excluding carboxylic acids is 2. The van der Waals surface area contributed by atoms with Crippen LogP contribution in [0.3, 0.4) is 0 Å². The molecule has 1 heterocycles. The third-order valence-electron chi connectivity index (χ3n) is 3.15. The molecule has 0 radical (unpaired) electrons. The van der Waals surface area contributed by atoms with E-state index >= 15 is 0 Å². The third-order valence-corrected chi connectivity index (χ3v) is 3.15. The van der Waals surface area contributed by atoms with Crippen LogP contribution >= 0.6 is 0 Å². The molecule has 0 bridgehead atoms. The van der Waals surface area contributed by atoms with Gasteiger partial charge in [0.1, 0.15) is 0 Å². The monoisotopic (exact) mass is 240 g/mol. The van der Waals surface area contributed by atoms with E-state index in [1.165, 1.54) is 12.8 Å². The van der Waals surface area contributed by atoms with Crippen molar-refractivity contribution in [3.05, 3.63) is 0 Å². The van der Waals surface area contributed by atoms with Crippen LogP contribution < -0.4 is 5.32 Å². The molecule has 1 aliphatic rings. The van der Waals surface area contributed by atoms with E-state index in [1.54, 1.807) is 4.90 Å². The predicted octanol–water partition coefficient (Wildman–Crippen LogP) is 1.70. The Morgan fingerprint density at radius 1 is 1.06 bits per heavy atom. The van der Waals surface area contributed by atoms with E-state index in [0.717, 1.165) is 45.2 Å². The van der Waals surface area contributed by atoms with E-state index in [0.29, 0.717) is 6.54 Å². The zero-order valence-corrected chi connectivity index (χ0v) is 10.8. The molecular weight excluding hydrogens is 216 g/mol. The normalized spacial score (nSPS) is 16.4. The molecule has 2 amide bonds. The van der Waals surface area contributed by atoms with E-state index < -0.39 is 5.91 Å². The quantitative estimate of drug-likeness (QED) is 0.600. The summed E-state index contributed by atoms with van der Waals surface area (Å²) >= 11 is 0. The standard InChI is InChI=1S/C13H24N2O2/c1-2-3-6-9-14-12(16)13(17)15-10-7-4-5-8-11-15/h2-11H2,1H3,(H,14,16). The van der Waals surface area contributed by atoms with Crippen molar-refractivity contribution < 1.29 is 9.59 Å². The maximum atomic E-state index is 11.8. The van der Waals surface area contributed by atoms with Gasteiger partial charge in [-0.2, -0.15) is 0 Å². The highest BCUT2D eigenvalue weighted by molar-refractivity contribution is 6.34. The van der Waals surface area contributed by atoms with Gasteiger partial charge in [-0.15, -0.1) is 0 Å². The molecule has 1 fully saturated rings. The highest BCUT2D eigenvalue weighted by atomic mass is 16.2. The van der Waals surface area contributed by atoms with Crippen LogP contribution in [0.15, 0.2) is 0 Å². The molecule has 4 heteroatoms. The second-order valence-electron chi connectivity index (χ2n) is 4.67. The number of rotatable bonds is 4. The Hall–Kier alpha value is -1.06. The molecule has 0 aromatic carbocycles. The summed E-state index contributed by atoms with van der Waals surface area (Å²) < 4.78 is 0. The summed E-state index contributed by atoms with van der Waals surface area (Å²) in [5.41, 5.74) is 0. The summed E-state index contributed by atoms with van der Waals surface area (Å²) in [4.78, 5) is 25.1. The Morgan fingerprint density at radius 3 is 2.29 bits per heavy atom. The van der Waals surface area contributed by atoms with Crippen LogP contribution in [0.5, 0.6) is 0 Å². The van der Waals surface area contributed by atoms with E-state index in [4.69, 9.17) is 0 Å². The first-order valence-corrected chi connectivity index (χ1v) is 6.82. The highest BCUT2D eigenvalue weighted by Gasteiger charge is 2.21. The Labute approximate surface area is 104 Å². The fourth-order valence-electron chi connectivity index (χ4n) is 2.07. The van der Waals surface area contributed by atoms with Gasteiger partial charge in [0, 0.05) is 19.6 Å². The highest BCUT2D eigenvalue weighted by Crippen LogP contribution is 2.09. The predicted molar refractivity (Wildman–Crippen MR) is 67.6 cm³/mol. The number of nitrogens with zero attached hydrogens (tertiary/aromatic N) is 1. The number of nitrogens with one attached hydrogen (secondary N) is 1. The Kier molecular flexibility index (Phi) is 6.67. The van der Waals surface area contributed by atoms with Crippen molar-refractivity contribution in [2.24, 2.45) is 0 Å². The van der Waals surface area contributed by atoms with Crippen LogP contribution in [-0.2, 0) is 9.59 Å². The fourth-order valence-corrected chi connectivity index (χ4v) is 2.07. The molecule has 98 valence electrons. The minimum atomic E-state index is -0.428. The first-order chi connectivity index (χ1) is 8.25. The van der Waals surface area contributed by atoms with Gasteiger partial charge in [0.05, 0.1) is 0 Å². The lowest BCUT2D eigenvalue weighted by atomic mass is 10.2. The number of carbonyl (C=O) groups is 2. The van der Waals surface area contributed by atoms with Crippen molar-refractivity contribution in [3.63, 3.8) is 0 Å². The Morgan fingerprint density at radius 2 is 1.71 bits per heavy atom. The zero-order chi connectivity index (χ0) is 12.5. The van der Waals surface area contributed by atoms with Gasteiger partial charge in [0.25, 0.3) is 0 Å². The molecule has 0 aromatic heterocycles. The van der Waals surface area contributed by atoms with Crippen LogP contribution in [0.2, 0.25) is 0 Å².